The molecule has 0 amide bonds. The van der Waals surface area contributed by atoms with E-state index >= 15 is 0 Å². The highest BCUT2D eigenvalue weighted by molar-refractivity contribution is 5.67. The minimum absolute atomic E-state index is 0.212. The van der Waals surface area contributed by atoms with Crippen molar-refractivity contribution in [2.45, 2.75) is 46.6 Å². The normalized spacial score (nSPS) is 16.6. The quantitative estimate of drug-likeness (QED) is 0.737. The van der Waals surface area contributed by atoms with Crippen LogP contribution in [0.3, 0.4) is 0 Å². The minimum Gasteiger partial charge on any atom is -0.487 e. The molecule has 0 saturated carbocycles. The van der Waals surface area contributed by atoms with Crippen LogP contribution >= 0.6 is 0 Å². The lowest BCUT2D eigenvalue weighted by molar-refractivity contribution is 0.0284. The highest BCUT2D eigenvalue weighted by Gasteiger charge is 2.34. The van der Waals surface area contributed by atoms with Crippen LogP contribution in [0.1, 0.15) is 36.1 Å². The summed E-state index contributed by atoms with van der Waals surface area (Å²) in [5, 5.41) is 18.9. The monoisotopic (exact) mass is 237 g/mol. The van der Waals surface area contributed by atoms with Gasteiger partial charge in [-0.15, -0.1) is 5.23 Å². The van der Waals surface area contributed by atoms with Crippen LogP contribution in [0.2, 0.25) is 0 Å². The largest absolute Gasteiger partial charge is 0.487 e. The predicted octanol–water partition coefficient (Wildman–Crippen LogP) is 2.91. The topological polar surface area (TPSA) is 52.9 Å². The molecule has 0 aromatic heterocycles. The Bertz CT molecular complexity index is 478. The molecule has 1 aliphatic heterocycles. The molecule has 4 nitrogen and oxygen atoms in total. The van der Waals surface area contributed by atoms with E-state index in [0.717, 1.165) is 34.4 Å². The molecule has 94 valence electrons. The van der Waals surface area contributed by atoms with Gasteiger partial charge in [-0.3, -0.25) is 10.4 Å². The lowest BCUT2D eigenvalue weighted by atomic mass is 9.93. The van der Waals surface area contributed by atoms with Gasteiger partial charge < -0.3 is 4.74 Å². The van der Waals surface area contributed by atoms with E-state index in [9.17, 15) is 10.4 Å². The third-order valence-corrected chi connectivity index (χ3v) is 3.52. The van der Waals surface area contributed by atoms with Crippen molar-refractivity contribution in [3.05, 3.63) is 22.3 Å². The average Bonchev–Trinajstić information content (AvgIpc) is 2.51. The van der Waals surface area contributed by atoms with Crippen molar-refractivity contribution in [2.24, 2.45) is 0 Å². The second-order valence-corrected chi connectivity index (χ2v) is 5.36. The Kier molecular flexibility index (Phi) is 2.60. The Hall–Kier alpha value is -1.26. The van der Waals surface area contributed by atoms with Crippen LogP contribution in [-0.2, 0) is 6.42 Å². The Labute approximate surface area is 101 Å². The van der Waals surface area contributed by atoms with Gasteiger partial charge >= 0.3 is 0 Å². The summed E-state index contributed by atoms with van der Waals surface area (Å²) in [5.74, 6) is 0.899. The van der Waals surface area contributed by atoms with Crippen LogP contribution in [0.5, 0.6) is 5.75 Å². The van der Waals surface area contributed by atoms with Crippen molar-refractivity contribution in [1.82, 2.24) is 0 Å². The Morgan fingerprint density at radius 3 is 2.18 bits per heavy atom. The number of fused-ring (bicyclic) bond motifs is 1. The van der Waals surface area contributed by atoms with Gasteiger partial charge in [0.05, 0.1) is 0 Å². The summed E-state index contributed by atoms with van der Waals surface area (Å²) < 4.78 is 5.94. The molecule has 0 atom stereocenters. The first-order chi connectivity index (χ1) is 7.74. The first-order valence-corrected chi connectivity index (χ1v) is 5.74. The van der Waals surface area contributed by atoms with E-state index in [2.05, 4.69) is 0 Å². The summed E-state index contributed by atoms with van der Waals surface area (Å²) in [7, 11) is 0. The molecule has 2 rings (SSSR count). The molecular weight excluding hydrogens is 218 g/mol. The Morgan fingerprint density at radius 2 is 1.65 bits per heavy atom. The van der Waals surface area contributed by atoms with Crippen LogP contribution in [0, 0.1) is 20.8 Å². The number of benzene rings is 1. The maximum atomic E-state index is 9.32. The standard InChI is InChI=1S/C13H19NO3/c1-7-8(2)12-10(6-13(4,5)17-12)9(3)11(7)14(15)16/h15-16H,6H2,1-5H3. The molecule has 1 aromatic carbocycles. The Balaban J connectivity index is 2.70. The molecule has 17 heavy (non-hydrogen) atoms. The first-order valence-electron chi connectivity index (χ1n) is 5.74. The van der Waals surface area contributed by atoms with Crippen molar-refractivity contribution in [2.75, 3.05) is 5.23 Å². The van der Waals surface area contributed by atoms with Crippen molar-refractivity contribution in [3.63, 3.8) is 0 Å². The predicted molar refractivity (Wildman–Crippen MR) is 65.1 cm³/mol. The van der Waals surface area contributed by atoms with E-state index < -0.39 is 0 Å². The summed E-state index contributed by atoms with van der Waals surface area (Å²) in [4.78, 5) is 0. The van der Waals surface area contributed by atoms with E-state index in [4.69, 9.17) is 4.74 Å². The number of nitrogens with zero attached hydrogens (tertiary/aromatic N) is 1. The molecule has 0 aliphatic carbocycles. The molecule has 0 spiro atoms. The van der Waals surface area contributed by atoms with E-state index in [1.165, 1.54) is 0 Å². The molecule has 1 heterocycles. The zero-order chi connectivity index (χ0) is 13.0. The lowest BCUT2D eigenvalue weighted by Crippen LogP contribution is -2.24. The van der Waals surface area contributed by atoms with E-state index in [-0.39, 0.29) is 10.8 Å². The van der Waals surface area contributed by atoms with Gasteiger partial charge in [0.2, 0.25) is 0 Å². The maximum Gasteiger partial charge on any atom is 0.127 e. The van der Waals surface area contributed by atoms with Gasteiger partial charge in [-0.2, -0.15) is 0 Å². The van der Waals surface area contributed by atoms with Gasteiger partial charge in [0.15, 0.2) is 0 Å². The fourth-order valence-corrected chi connectivity index (χ4v) is 2.56. The molecule has 1 aliphatic rings. The third-order valence-electron chi connectivity index (χ3n) is 3.52. The van der Waals surface area contributed by atoms with E-state index in [1.807, 2.05) is 34.6 Å². The highest BCUT2D eigenvalue weighted by Crippen LogP contribution is 2.44. The van der Waals surface area contributed by atoms with Gasteiger partial charge in [0.25, 0.3) is 0 Å². The van der Waals surface area contributed by atoms with Crippen LogP contribution in [-0.4, -0.2) is 16.0 Å². The maximum absolute atomic E-state index is 9.32. The van der Waals surface area contributed by atoms with Crippen LogP contribution in [0.15, 0.2) is 0 Å². The minimum atomic E-state index is -0.224. The summed E-state index contributed by atoms with van der Waals surface area (Å²) in [6.45, 7) is 9.78. The Morgan fingerprint density at radius 1 is 1.06 bits per heavy atom. The van der Waals surface area contributed by atoms with E-state index in [0.29, 0.717) is 5.69 Å². The lowest BCUT2D eigenvalue weighted by Gasteiger charge is -2.20. The van der Waals surface area contributed by atoms with Gasteiger partial charge in [0, 0.05) is 12.0 Å². The SMILES string of the molecule is Cc1c(C)c(N(O)O)c(C)c2c1OC(C)(C)C2. The third kappa shape index (κ3) is 1.77. The molecule has 4 heteroatoms. The summed E-state index contributed by atoms with van der Waals surface area (Å²) >= 11 is 0. The fraction of sp³-hybridized carbons (Fsp3) is 0.538. The first kappa shape index (κ1) is 12.2. The van der Waals surface area contributed by atoms with Gasteiger partial charge in [0.1, 0.15) is 17.0 Å². The highest BCUT2D eigenvalue weighted by atomic mass is 16.8. The van der Waals surface area contributed by atoms with Gasteiger partial charge in [-0.1, -0.05) is 0 Å². The average molecular weight is 237 g/mol. The molecule has 0 fully saturated rings. The van der Waals surface area contributed by atoms with Crippen LogP contribution in [0.4, 0.5) is 5.69 Å². The van der Waals surface area contributed by atoms with Crippen LogP contribution < -0.4 is 9.96 Å². The van der Waals surface area contributed by atoms with Gasteiger partial charge in [-0.25, -0.2) is 0 Å². The van der Waals surface area contributed by atoms with Crippen LogP contribution in [0.25, 0.3) is 0 Å². The number of hydrogen-bond donors (Lipinski definition) is 2. The fourth-order valence-electron chi connectivity index (χ4n) is 2.56. The molecule has 2 N–H and O–H groups in total. The number of ether oxygens (including phenoxy) is 1. The smallest absolute Gasteiger partial charge is 0.127 e. The number of rotatable bonds is 1. The van der Waals surface area contributed by atoms with Crippen molar-refractivity contribution >= 4 is 5.69 Å². The molecule has 0 saturated heterocycles. The molecule has 0 radical (unpaired) electrons. The summed E-state index contributed by atoms with van der Waals surface area (Å²) in [6.07, 6.45) is 0.788. The zero-order valence-electron chi connectivity index (χ0n) is 11.0. The van der Waals surface area contributed by atoms with Crippen molar-refractivity contribution < 1.29 is 15.2 Å². The van der Waals surface area contributed by atoms with Crippen molar-refractivity contribution in [1.29, 1.82) is 0 Å². The van der Waals surface area contributed by atoms with E-state index in [1.54, 1.807) is 0 Å². The molecule has 0 bridgehead atoms. The van der Waals surface area contributed by atoms with Crippen molar-refractivity contribution in [3.8, 4) is 5.75 Å². The molecular formula is C13H19NO3. The summed E-state index contributed by atoms with van der Waals surface area (Å²) in [6, 6.07) is 0. The second kappa shape index (κ2) is 3.62. The number of hydrogen-bond acceptors (Lipinski definition) is 4. The zero-order valence-corrected chi connectivity index (χ0v) is 11.0. The summed E-state index contributed by atoms with van der Waals surface area (Å²) in [5.41, 5.74) is 3.99. The second-order valence-electron chi connectivity index (χ2n) is 5.36. The molecule has 1 aromatic rings. The number of anilines is 1. The molecule has 0 unspecified atom stereocenters. The van der Waals surface area contributed by atoms with Gasteiger partial charge in [-0.05, 0) is 51.3 Å².